The average Bonchev–Trinajstić information content (AvgIpc) is 3.98. The molecule has 2 saturated heterocycles. The Morgan fingerprint density at radius 1 is 0.838 bits per heavy atom. The number of imide groups is 1. The lowest BCUT2D eigenvalue weighted by Gasteiger charge is -2.41. The number of likely N-dealkylation sites (N-methyl/N-ethyl adjacent to an activating group) is 2. The molecule has 1 aliphatic carbocycles. The average molecular weight is 1040 g/mol. The second-order valence-corrected chi connectivity index (χ2v) is 21.0. The summed E-state index contributed by atoms with van der Waals surface area (Å²) in [5, 5.41) is 14.3. The van der Waals surface area contributed by atoms with Gasteiger partial charge in [-0.1, -0.05) is 97.7 Å². The highest BCUT2D eigenvalue weighted by Gasteiger charge is 2.44. The van der Waals surface area contributed by atoms with Crippen LogP contribution < -0.4 is 5.32 Å². The van der Waals surface area contributed by atoms with Crippen LogP contribution in [0.15, 0.2) is 42.5 Å². The number of benzene rings is 1. The van der Waals surface area contributed by atoms with E-state index in [0.29, 0.717) is 49.3 Å². The van der Waals surface area contributed by atoms with Crippen LogP contribution in [0, 0.1) is 29.6 Å². The number of hydrogen-bond donors (Lipinski definition) is 2. The number of Topliss-reactive ketones (excluding diaryl/α,β-unsaturated/α-hetero) is 1. The van der Waals surface area contributed by atoms with Crippen molar-refractivity contribution < 1.29 is 67.2 Å². The molecule has 1 aromatic rings. The van der Waals surface area contributed by atoms with Gasteiger partial charge in [-0.3, -0.25) is 28.8 Å². The van der Waals surface area contributed by atoms with Gasteiger partial charge >= 0.3 is 12.1 Å². The van der Waals surface area contributed by atoms with Gasteiger partial charge in [-0.15, -0.1) is 5.06 Å². The summed E-state index contributed by atoms with van der Waals surface area (Å²) in [4.78, 5) is 118. The second kappa shape index (κ2) is 29.2. The Bertz CT molecular complexity index is 2070. The fourth-order valence-electron chi connectivity index (χ4n) is 10.6. The SMILES string of the molecule is CC[C@H](C)C(C(CC(=O)N1CCCC1C(OC)C(C)C(=O)N[C@H](C)[C@@H](O)c1ccccc1)OC)N(C)C(=O)C(CC(=O)C(C(C)C)N(C)C(=O)OC1/C=C/CCCCC1OCC(=O)ON1C(=O)CCC1=O)C(C)C. The molecule has 6 amide bonds. The molecule has 0 aromatic heterocycles. The van der Waals surface area contributed by atoms with E-state index in [2.05, 4.69) is 5.32 Å². The molecular formula is C55H85N5O14. The van der Waals surface area contributed by atoms with Gasteiger partial charge in [0.05, 0.1) is 60.9 Å². The van der Waals surface area contributed by atoms with Crippen molar-refractivity contribution in [2.45, 2.75) is 181 Å². The maximum Gasteiger partial charge on any atom is 0.410 e. The van der Waals surface area contributed by atoms with Gasteiger partial charge in [-0.25, -0.2) is 9.59 Å². The minimum absolute atomic E-state index is 0.0541. The molecule has 0 spiro atoms. The van der Waals surface area contributed by atoms with Crippen LogP contribution >= 0.6 is 0 Å². The number of nitrogens with one attached hydrogen (secondary N) is 1. The van der Waals surface area contributed by atoms with Crippen molar-refractivity contribution in [1.82, 2.24) is 25.1 Å². The number of aliphatic hydroxyl groups is 1. The van der Waals surface area contributed by atoms with Crippen LogP contribution in [0.5, 0.6) is 0 Å². The molecule has 0 saturated carbocycles. The number of carbonyl (C=O) groups excluding carboxylic acids is 8. The van der Waals surface area contributed by atoms with E-state index in [-0.39, 0.29) is 66.9 Å². The second-order valence-electron chi connectivity index (χ2n) is 21.0. The zero-order valence-corrected chi connectivity index (χ0v) is 45.9. The van der Waals surface area contributed by atoms with E-state index < -0.39 is 97.0 Å². The lowest BCUT2D eigenvalue weighted by atomic mass is 9.83. The molecule has 1 aromatic carbocycles. The standard InChI is InChI=1S/C55H85N5O14/c1-13-35(6)50(44(70-11)31-47(64)59-29-21-24-40(59)52(71-12)36(7)53(67)56-37(8)51(66)38-22-17-16-18-23-38)57(9)54(68)39(33(2)3)30-41(61)49(34(4)5)58(10)55(69)73-43-26-20-15-14-19-25-42(43)72-32-48(65)74-60-45(62)27-28-46(60)63/h16-18,20,22-23,26,33-37,39-40,42-44,49-52,66H,13-15,19,21,24-25,27-32H2,1-12H3,(H,56,67)/b26-20+/t35-,36?,37+,39?,40?,42?,43?,44?,49?,50?,51+,52?/m0/s1. The van der Waals surface area contributed by atoms with Crippen molar-refractivity contribution in [2.75, 3.05) is 41.5 Å². The van der Waals surface area contributed by atoms with E-state index in [1.54, 1.807) is 62.8 Å². The Hall–Kier alpha value is -5.24. The Morgan fingerprint density at radius 2 is 1.50 bits per heavy atom. The minimum Gasteiger partial charge on any atom is -0.439 e. The van der Waals surface area contributed by atoms with E-state index in [0.717, 1.165) is 12.8 Å². The van der Waals surface area contributed by atoms with E-state index in [1.165, 1.54) is 26.2 Å². The molecule has 2 fully saturated rings. The third-order valence-electron chi connectivity index (χ3n) is 15.1. The van der Waals surface area contributed by atoms with Gasteiger partial charge in [-0.2, -0.15) is 0 Å². The zero-order valence-electron chi connectivity index (χ0n) is 45.9. The molecule has 19 heteroatoms. The van der Waals surface area contributed by atoms with Crippen molar-refractivity contribution >= 4 is 47.4 Å². The van der Waals surface area contributed by atoms with Crippen molar-refractivity contribution in [3.05, 3.63) is 48.0 Å². The van der Waals surface area contributed by atoms with Crippen LogP contribution in [0.1, 0.15) is 138 Å². The quantitative estimate of drug-likeness (QED) is 0.0807. The molecule has 12 atom stereocenters. The lowest BCUT2D eigenvalue weighted by molar-refractivity contribution is -0.202. The molecule has 2 heterocycles. The highest BCUT2D eigenvalue weighted by Crippen LogP contribution is 2.32. The first kappa shape index (κ1) is 61.3. The smallest absolute Gasteiger partial charge is 0.410 e. The maximum absolute atomic E-state index is 14.8. The lowest BCUT2D eigenvalue weighted by Crippen LogP contribution is -2.55. The third-order valence-corrected chi connectivity index (χ3v) is 15.1. The molecule has 2 N–H and O–H groups in total. The predicted molar refractivity (Wildman–Crippen MR) is 274 cm³/mol. The van der Waals surface area contributed by atoms with Crippen molar-refractivity contribution in [1.29, 1.82) is 0 Å². The largest absolute Gasteiger partial charge is 0.439 e. The van der Waals surface area contributed by atoms with E-state index in [4.69, 9.17) is 23.8 Å². The van der Waals surface area contributed by atoms with E-state index >= 15 is 0 Å². The molecular weight excluding hydrogens is 955 g/mol. The highest BCUT2D eigenvalue weighted by atomic mass is 16.7. The van der Waals surface area contributed by atoms with Crippen LogP contribution in [0.25, 0.3) is 0 Å². The summed E-state index contributed by atoms with van der Waals surface area (Å²) in [5.41, 5.74) is 0.679. The van der Waals surface area contributed by atoms with Gasteiger partial charge in [0.1, 0.15) is 12.7 Å². The Morgan fingerprint density at radius 3 is 2.09 bits per heavy atom. The molecule has 9 unspecified atom stereocenters. The molecule has 414 valence electrons. The molecule has 0 radical (unpaired) electrons. The van der Waals surface area contributed by atoms with Crippen LogP contribution in [0.4, 0.5) is 4.79 Å². The first-order valence-corrected chi connectivity index (χ1v) is 26.5. The van der Waals surface area contributed by atoms with Crippen LogP contribution in [0.3, 0.4) is 0 Å². The number of amides is 6. The molecule has 3 aliphatic rings. The molecule has 19 nitrogen and oxygen atoms in total. The van der Waals surface area contributed by atoms with Gasteiger partial charge in [0.2, 0.25) is 17.7 Å². The monoisotopic (exact) mass is 1040 g/mol. The van der Waals surface area contributed by atoms with Crippen molar-refractivity contribution in [3.63, 3.8) is 0 Å². The number of ether oxygens (including phenoxy) is 4. The fraction of sp³-hybridized carbons (Fsp3) is 0.709. The van der Waals surface area contributed by atoms with Gasteiger partial charge < -0.3 is 48.9 Å². The summed E-state index contributed by atoms with van der Waals surface area (Å²) in [7, 11) is 6.20. The summed E-state index contributed by atoms with van der Waals surface area (Å²) in [6, 6.07) is 6.53. The van der Waals surface area contributed by atoms with Gasteiger partial charge in [0, 0.05) is 60.0 Å². The van der Waals surface area contributed by atoms with Crippen LogP contribution in [-0.2, 0) is 57.3 Å². The number of ketones is 1. The number of allylic oxidation sites excluding steroid dienone is 1. The minimum atomic E-state index is -0.985. The third kappa shape index (κ3) is 16.1. The number of nitrogens with zero attached hydrogens (tertiary/aromatic N) is 4. The predicted octanol–water partition coefficient (Wildman–Crippen LogP) is 5.96. The van der Waals surface area contributed by atoms with Gasteiger partial charge in [0.25, 0.3) is 11.8 Å². The normalized spacial score (nSPS) is 22.3. The van der Waals surface area contributed by atoms with Crippen molar-refractivity contribution in [2.24, 2.45) is 29.6 Å². The zero-order chi connectivity index (χ0) is 55.0. The fourth-order valence-corrected chi connectivity index (χ4v) is 10.6. The topological polar surface area (TPSA) is 228 Å². The molecule has 4 rings (SSSR count). The summed E-state index contributed by atoms with van der Waals surface area (Å²) in [6.45, 7) is 14.7. The number of hydroxylamine groups is 2. The number of methoxy groups -OCH3 is 2. The number of aliphatic hydroxyl groups excluding tert-OH is 1. The van der Waals surface area contributed by atoms with Gasteiger partial charge in [0.15, 0.2) is 5.78 Å². The van der Waals surface area contributed by atoms with Crippen LogP contribution in [-0.4, -0.2) is 162 Å². The number of carbonyl (C=O) groups is 8. The molecule has 2 aliphatic heterocycles. The summed E-state index contributed by atoms with van der Waals surface area (Å²) >= 11 is 0. The Labute approximate surface area is 438 Å². The number of rotatable bonds is 26. The van der Waals surface area contributed by atoms with Gasteiger partial charge in [-0.05, 0) is 68.4 Å². The molecule has 74 heavy (non-hydrogen) atoms. The first-order valence-electron chi connectivity index (χ1n) is 26.5. The van der Waals surface area contributed by atoms with E-state index in [1.807, 2.05) is 52.0 Å². The Kier molecular flexibility index (Phi) is 24.2. The summed E-state index contributed by atoms with van der Waals surface area (Å²) in [5.74, 6) is -5.64. The number of hydrogen-bond acceptors (Lipinski definition) is 14. The highest BCUT2D eigenvalue weighted by molar-refractivity contribution is 6.01. The van der Waals surface area contributed by atoms with E-state index in [9.17, 15) is 43.5 Å². The number of likely N-dealkylation sites (tertiary alicyclic amines) is 1. The van der Waals surface area contributed by atoms with Crippen molar-refractivity contribution in [3.8, 4) is 0 Å². The summed E-state index contributed by atoms with van der Waals surface area (Å²) < 4.78 is 23.9. The molecule has 0 bridgehead atoms. The van der Waals surface area contributed by atoms with Crippen LogP contribution in [0.2, 0.25) is 0 Å². The maximum atomic E-state index is 14.8. The Balaban J connectivity index is 1.45. The summed E-state index contributed by atoms with van der Waals surface area (Å²) in [6.07, 6.45) is 2.98. The first-order chi connectivity index (χ1) is 35.1.